The molecule has 0 aliphatic carbocycles. The largest absolute Gasteiger partial charge is 0.204 e. The highest BCUT2D eigenvalue weighted by Gasteiger charge is 2.24. The van der Waals surface area contributed by atoms with E-state index in [1.54, 1.807) is 6.92 Å². The Balaban J connectivity index is 2.07. The van der Waals surface area contributed by atoms with Crippen LogP contribution in [0.1, 0.15) is 36.5 Å². The molecule has 0 heterocycles. The number of hydrogen-bond donors (Lipinski definition) is 0. The smallest absolute Gasteiger partial charge is 0.195 e. The van der Waals surface area contributed by atoms with Crippen molar-refractivity contribution in [1.82, 2.24) is 0 Å². The predicted molar refractivity (Wildman–Crippen MR) is 94.7 cm³/mol. The maximum Gasteiger partial charge on any atom is 0.195 e. The first-order valence-corrected chi connectivity index (χ1v) is 8.70. The van der Waals surface area contributed by atoms with Crippen LogP contribution in [-0.4, -0.2) is 0 Å². The summed E-state index contributed by atoms with van der Waals surface area (Å²) in [6, 6.07) is 4.21. The monoisotopic (exact) mass is 410 g/mol. The van der Waals surface area contributed by atoms with E-state index in [-0.39, 0.29) is 22.8 Å². The van der Waals surface area contributed by atoms with Gasteiger partial charge in [-0.15, -0.1) is 0 Å². The first kappa shape index (κ1) is 20.7. The number of rotatable bonds is 3. The molecule has 0 fully saturated rings. The Hall–Kier alpha value is -3.01. The van der Waals surface area contributed by atoms with Crippen molar-refractivity contribution < 1.29 is 30.7 Å². The van der Waals surface area contributed by atoms with Gasteiger partial charge < -0.3 is 0 Å². The Labute approximate surface area is 162 Å². The third-order valence-corrected chi connectivity index (χ3v) is 4.44. The van der Waals surface area contributed by atoms with Crippen LogP contribution in [0.15, 0.2) is 24.3 Å². The maximum absolute atomic E-state index is 14.2. The van der Waals surface area contributed by atoms with Crippen LogP contribution in [-0.2, 0) is 6.42 Å². The molecule has 0 nitrogen and oxygen atoms in total. The van der Waals surface area contributed by atoms with E-state index < -0.39 is 51.8 Å². The van der Waals surface area contributed by atoms with E-state index in [1.165, 1.54) is 6.07 Å². The molecular formula is C22H13F7. The Kier molecular flexibility index (Phi) is 5.83. The maximum atomic E-state index is 14.2. The zero-order valence-corrected chi connectivity index (χ0v) is 15.1. The highest BCUT2D eigenvalue weighted by atomic mass is 19.2. The van der Waals surface area contributed by atoms with Gasteiger partial charge in [0.2, 0.25) is 0 Å². The molecule has 3 rings (SSSR count). The zero-order chi connectivity index (χ0) is 21.3. The van der Waals surface area contributed by atoms with Gasteiger partial charge in [-0.3, -0.25) is 0 Å². The number of benzene rings is 3. The lowest BCUT2D eigenvalue weighted by molar-refractivity contribution is 0.434. The molecule has 0 amide bonds. The molecule has 7 heteroatoms. The molecule has 0 atom stereocenters. The average molecular weight is 410 g/mol. The Morgan fingerprint density at radius 2 is 1.38 bits per heavy atom. The van der Waals surface area contributed by atoms with E-state index in [0.717, 1.165) is 18.2 Å². The minimum absolute atomic E-state index is 0.0404. The summed E-state index contributed by atoms with van der Waals surface area (Å²) in [4.78, 5) is 0. The fourth-order valence-electron chi connectivity index (χ4n) is 2.88. The lowest BCUT2D eigenvalue weighted by atomic mass is 10.0. The third-order valence-electron chi connectivity index (χ3n) is 4.44. The summed E-state index contributed by atoms with van der Waals surface area (Å²) in [7, 11) is 0. The van der Waals surface area contributed by atoms with Crippen LogP contribution in [0.5, 0.6) is 0 Å². The van der Waals surface area contributed by atoms with Crippen LogP contribution < -0.4 is 0 Å². The average Bonchev–Trinajstić information content (AvgIpc) is 2.70. The summed E-state index contributed by atoms with van der Waals surface area (Å²) in [5.41, 5.74) is -1.71. The molecule has 0 spiro atoms. The van der Waals surface area contributed by atoms with E-state index >= 15 is 0 Å². The van der Waals surface area contributed by atoms with E-state index in [1.807, 2.05) is 5.92 Å². The third kappa shape index (κ3) is 3.80. The summed E-state index contributed by atoms with van der Waals surface area (Å²) >= 11 is 0. The van der Waals surface area contributed by atoms with Crippen LogP contribution in [0.2, 0.25) is 0 Å². The summed E-state index contributed by atoms with van der Waals surface area (Å²) in [5.74, 6) is -6.32. The van der Waals surface area contributed by atoms with Crippen LogP contribution in [0.4, 0.5) is 30.7 Å². The van der Waals surface area contributed by atoms with Crippen molar-refractivity contribution in [2.24, 2.45) is 0 Å². The summed E-state index contributed by atoms with van der Waals surface area (Å²) in [6.45, 7) is 1.76. The lowest BCUT2D eigenvalue weighted by Crippen LogP contribution is -2.07. The van der Waals surface area contributed by atoms with Gasteiger partial charge in [-0.05, 0) is 36.4 Å². The van der Waals surface area contributed by atoms with Crippen LogP contribution in [0, 0.1) is 52.6 Å². The predicted octanol–water partition coefficient (Wildman–Crippen LogP) is 6.56. The van der Waals surface area contributed by atoms with Crippen molar-refractivity contribution in [3.05, 3.63) is 81.7 Å². The number of fused-ring (bicyclic) bond motifs is 1. The standard InChI is InChI=1S/C22H13F7/c1-2-3-4-14-18(25)20(27)15(21(28)19(14)26)8-6-11-5-7-13-12(9-11)10-16(23)22(29)17(13)24/h5,7,9-10H,2-4H2,1H3. The van der Waals surface area contributed by atoms with Gasteiger partial charge in [-0.2, -0.15) is 0 Å². The van der Waals surface area contributed by atoms with Crippen molar-refractivity contribution in [2.45, 2.75) is 26.2 Å². The molecule has 0 bridgehead atoms. The molecule has 0 saturated carbocycles. The van der Waals surface area contributed by atoms with Crippen molar-refractivity contribution in [1.29, 1.82) is 0 Å². The van der Waals surface area contributed by atoms with E-state index in [2.05, 4.69) is 5.92 Å². The highest BCUT2D eigenvalue weighted by molar-refractivity contribution is 5.84. The van der Waals surface area contributed by atoms with E-state index in [4.69, 9.17) is 0 Å². The Morgan fingerprint density at radius 3 is 2.00 bits per heavy atom. The highest BCUT2D eigenvalue weighted by Crippen LogP contribution is 2.26. The summed E-state index contributed by atoms with van der Waals surface area (Å²) in [6.07, 6.45) is 0.771. The number of unbranched alkanes of at least 4 members (excludes halogenated alkanes) is 1. The molecule has 0 unspecified atom stereocenters. The molecule has 0 aliphatic rings. The van der Waals surface area contributed by atoms with Crippen molar-refractivity contribution in [2.75, 3.05) is 0 Å². The molecule has 3 aromatic rings. The normalized spacial score (nSPS) is 10.9. The summed E-state index contributed by atoms with van der Waals surface area (Å²) < 4.78 is 97.0. The molecule has 29 heavy (non-hydrogen) atoms. The van der Waals surface area contributed by atoms with Gasteiger partial charge in [-0.1, -0.05) is 31.3 Å². The van der Waals surface area contributed by atoms with Gasteiger partial charge in [0, 0.05) is 16.5 Å². The molecule has 0 N–H and O–H groups in total. The van der Waals surface area contributed by atoms with E-state index in [0.29, 0.717) is 12.8 Å². The lowest BCUT2D eigenvalue weighted by Gasteiger charge is -2.08. The fourth-order valence-corrected chi connectivity index (χ4v) is 2.88. The minimum Gasteiger partial charge on any atom is -0.204 e. The molecule has 0 saturated heterocycles. The topological polar surface area (TPSA) is 0 Å². The summed E-state index contributed by atoms with van der Waals surface area (Å²) in [5, 5.41) is -0.259. The van der Waals surface area contributed by atoms with Gasteiger partial charge in [0.15, 0.2) is 40.7 Å². The van der Waals surface area contributed by atoms with Gasteiger partial charge in [0.1, 0.15) is 5.56 Å². The second kappa shape index (κ2) is 8.16. The van der Waals surface area contributed by atoms with Gasteiger partial charge in [0.05, 0.1) is 0 Å². The van der Waals surface area contributed by atoms with Crippen LogP contribution >= 0.6 is 0 Å². The van der Waals surface area contributed by atoms with Crippen LogP contribution in [0.25, 0.3) is 10.8 Å². The SMILES string of the molecule is CCCCc1c(F)c(F)c(C#Cc2ccc3c(F)c(F)c(F)cc3c2)c(F)c1F. The first-order chi connectivity index (χ1) is 13.8. The Morgan fingerprint density at radius 1 is 0.724 bits per heavy atom. The van der Waals surface area contributed by atoms with Gasteiger partial charge in [0.25, 0.3) is 0 Å². The van der Waals surface area contributed by atoms with Crippen molar-refractivity contribution in [3.8, 4) is 11.8 Å². The minimum atomic E-state index is -1.63. The quantitative estimate of drug-likeness (QED) is 0.199. The molecule has 0 aromatic heterocycles. The van der Waals surface area contributed by atoms with Crippen LogP contribution in [0.3, 0.4) is 0 Å². The van der Waals surface area contributed by atoms with Crippen molar-refractivity contribution >= 4 is 10.8 Å². The number of halogens is 7. The second-order valence-corrected chi connectivity index (χ2v) is 6.39. The molecule has 0 aliphatic heterocycles. The molecular weight excluding hydrogens is 397 g/mol. The first-order valence-electron chi connectivity index (χ1n) is 8.70. The zero-order valence-electron chi connectivity index (χ0n) is 15.1. The van der Waals surface area contributed by atoms with Crippen molar-refractivity contribution in [3.63, 3.8) is 0 Å². The molecule has 150 valence electrons. The molecule has 0 radical (unpaired) electrons. The van der Waals surface area contributed by atoms with E-state index in [9.17, 15) is 30.7 Å². The van der Waals surface area contributed by atoms with Gasteiger partial charge in [-0.25, -0.2) is 30.7 Å². The Bertz CT molecular complexity index is 1140. The molecule has 3 aromatic carbocycles. The second-order valence-electron chi connectivity index (χ2n) is 6.39. The number of hydrogen-bond acceptors (Lipinski definition) is 0. The van der Waals surface area contributed by atoms with Gasteiger partial charge >= 0.3 is 0 Å². The fraction of sp³-hybridized carbons (Fsp3) is 0.182.